The van der Waals surface area contributed by atoms with Crippen LogP contribution in [0.4, 0.5) is 5.95 Å². The summed E-state index contributed by atoms with van der Waals surface area (Å²) in [4.78, 5) is 26.5. The summed E-state index contributed by atoms with van der Waals surface area (Å²) in [6.07, 6.45) is 0.573. The highest BCUT2D eigenvalue weighted by atomic mass is 32.1. The third-order valence-electron chi connectivity index (χ3n) is 3.38. The van der Waals surface area contributed by atoms with E-state index in [4.69, 9.17) is 0 Å². The van der Waals surface area contributed by atoms with Crippen molar-refractivity contribution in [2.45, 2.75) is 13.0 Å². The first-order valence-corrected chi connectivity index (χ1v) is 8.06. The zero-order chi connectivity index (χ0) is 17.5. The van der Waals surface area contributed by atoms with E-state index in [1.165, 1.54) is 4.90 Å². The lowest BCUT2D eigenvalue weighted by atomic mass is 10.0. The molecule has 9 heteroatoms. The van der Waals surface area contributed by atoms with Gasteiger partial charge in [0.15, 0.2) is 0 Å². The smallest absolute Gasteiger partial charge is 0.270 e. The average molecular weight is 348 g/mol. The minimum absolute atomic E-state index is 0.0319. The molecule has 24 heavy (non-hydrogen) atoms. The number of rotatable bonds is 7. The van der Waals surface area contributed by atoms with E-state index < -0.39 is 0 Å². The minimum Gasteiger partial charge on any atom is -0.347 e. The maximum Gasteiger partial charge on any atom is 0.270 e. The van der Waals surface area contributed by atoms with E-state index in [0.717, 1.165) is 10.4 Å². The SMILES string of the molecule is CN(C)C(=O)Cn1nnc(NC(=O)[C@@H](CS)Cc2ccccc2)n1. The van der Waals surface area contributed by atoms with Crippen molar-refractivity contribution in [2.75, 3.05) is 25.2 Å². The van der Waals surface area contributed by atoms with Gasteiger partial charge in [-0.3, -0.25) is 14.9 Å². The average Bonchev–Trinajstić information content (AvgIpc) is 3.00. The number of tetrazole rings is 1. The highest BCUT2D eigenvalue weighted by molar-refractivity contribution is 7.80. The Hall–Kier alpha value is -2.42. The number of thiol groups is 1. The van der Waals surface area contributed by atoms with Crippen LogP contribution in [0, 0.1) is 5.92 Å². The number of amides is 2. The first-order valence-electron chi connectivity index (χ1n) is 7.43. The quantitative estimate of drug-likeness (QED) is 0.711. The Balaban J connectivity index is 1.95. The van der Waals surface area contributed by atoms with Crippen LogP contribution in [0.15, 0.2) is 30.3 Å². The zero-order valence-electron chi connectivity index (χ0n) is 13.6. The molecule has 2 rings (SSSR count). The van der Waals surface area contributed by atoms with Gasteiger partial charge in [0.05, 0.1) is 5.92 Å². The lowest BCUT2D eigenvalue weighted by Gasteiger charge is -2.13. The van der Waals surface area contributed by atoms with Crippen molar-refractivity contribution in [2.24, 2.45) is 5.92 Å². The highest BCUT2D eigenvalue weighted by Crippen LogP contribution is 2.12. The largest absolute Gasteiger partial charge is 0.347 e. The number of nitrogens with one attached hydrogen (secondary N) is 1. The number of likely N-dealkylation sites (N-methyl/N-ethyl adjacent to an activating group) is 1. The van der Waals surface area contributed by atoms with Crippen molar-refractivity contribution in [3.05, 3.63) is 35.9 Å². The summed E-state index contributed by atoms with van der Waals surface area (Å²) in [5.74, 6) is -0.235. The van der Waals surface area contributed by atoms with Gasteiger partial charge in [-0.2, -0.15) is 17.4 Å². The van der Waals surface area contributed by atoms with Crippen LogP contribution in [0.5, 0.6) is 0 Å². The van der Waals surface area contributed by atoms with Crippen molar-refractivity contribution in [3.63, 3.8) is 0 Å². The van der Waals surface area contributed by atoms with Crippen molar-refractivity contribution in [3.8, 4) is 0 Å². The Morgan fingerprint density at radius 2 is 2.00 bits per heavy atom. The second-order valence-corrected chi connectivity index (χ2v) is 5.86. The topological polar surface area (TPSA) is 93.0 Å². The van der Waals surface area contributed by atoms with Gasteiger partial charge in [0.1, 0.15) is 6.54 Å². The molecular weight excluding hydrogens is 328 g/mol. The van der Waals surface area contributed by atoms with Gasteiger partial charge >= 0.3 is 0 Å². The molecule has 0 aliphatic carbocycles. The molecule has 8 nitrogen and oxygen atoms in total. The second-order valence-electron chi connectivity index (χ2n) is 5.49. The molecule has 0 saturated carbocycles. The molecule has 1 aromatic carbocycles. The molecule has 0 bridgehead atoms. The summed E-state index contributed by atoms with van der Waals surface area (Å²) in [6.45, 7) is -0.0319. The van der Waals surface area contributed by atoms with Gasteiger partial charge in [-0.05, 0) is 17.2 Å². The van der Waals surface area contributed by atoms with Crippen LogP contribution in [0.2, 0.25) is 0 Å². The fourth-order valence-corrected chi connectivity index (χ4v) is 2.27. The van der Waals surface area contributed by atoms with Crippen LogP contribution < -0.4 is 5.32 Å². The maximum absolute atomic E-state index is 12.3. The van der Waals surface area contributed by atoms with E-state index >= 15 is 0 Å². The first-order chi connectivity index (χ1) is 11.5. The molecule has 1 heterocycles. The second kappa shape index (κ2) is 8.44. The van der Waals surface area contributed by atoms with Crippen LogP contribution in [-0.2, 0) is 22.6 Å². The van der Waals surface area contributed by atoms with Crippen LogP contribution in [0.3, 0.4) is 0 Å². The molecule has 128 valence electrons. The number of aromatic nitrogens is 4. The summed E-state index contributed by atoms with van der Waals surface area (Å²) < 4.78 is 0. The number of hydrogen-bond acceptors (Lipinski definition) is 6. The summed E-state index contributed by atoms with van der Waals surface area (Å²) in [5, 5.41) is 14.1. The molecule has 1 N–H and O–H groups in total. The molecule has 0 spiro atoms. The Labute approximate surface area is 145 Å². The van der Waals surface area contributed by atoms with E-state index in [9.17, 15) is 9.59 Å². The Morgan fingerprint density at radius 1 is 1.29 bits per heavy atom. The third-order valence-corrected chi connectivity index (χ3v) is 3.82. The van der Waals surface area contributed by atoms with Crippen LogP contribution in [0.1, 0.15) is 5.56 Å². The standard InChI is InChI=1S/C15H20N6O2S/c1-20(2)13(22)9-21-18-15(17-19-21)16-14(23)12(10-24)8-11-6-4-3-5-7-11/h3-7,12,24H,8-10H2,1-2H3,(H,16,18,23)/t12-/m1/s1. The van der Waals surface area contributed by atoms with Gasteiger partial charge in [-0.1, -0.05) is 35.4 Å². The fourth-order valence-electron chi connectivity index (χ4n) is 1.97. The van der Waals surface area contributed by atoms with E-state index in [1.54, 1.807) is 14.1 Å². The third kappa shape index (κ3) is 5.05. The molecule has 0 aliphatic heterocycles. The molecular formula is C15H20N6O2S. The number of anilines is 1. The normalized spacial score (nSPS) is 11.8. The minimum atomic E-state index is -0.314. The first kappa shape index (κ1) is 17.9. The monoisotopic (exact) mass is 348 g/mol. The molecule has 0 aliphatic rings. The molecule has 2 amide bonds. The Morgan fingerprint density at radius 3 is 2.62 bits per heavy atom. The van der Waals surface area contributed by atoms with Gasteiger partial charge in [0.2, 0.25) is 11.8 Å². The summed E-state index contributed by atoms with van der Waals surface area (Å²) in [6, 6.07) is 9.71. The number of hydrogen-bond donors (Lipinski definition) is 2. The van der Waals surface area contributed by atoms with Crippen molar-refractivity contribution < 1.29 is 9.59 Å². The number of carbonyl (C=O) groups is 2. The number of benzene rings is 1. The predicted octanol–water partition coefficient (Wildman–Crippen LogP) is 0.488. The zero-order valence-corrected chi connectivity index (χ0v) is 14.5. The molecule has 1 atom stereocenters. The van der Waals surface area contributed by atoms with E-state index in [1.807, 2.05) is 30.3 Å². The molecule has 2 aromatic rings. The van der Waals surface area contributed by atoms with Gasteiger partial charge in [0.25, 0.3) is 5.95 Å². The van der Waals surface area contributed by atoms with Crippen LogP contribution >= 0.6 is 12.6 Å². The summed E-state index contributed by atoms with van der Waals surface area (Å²) in [7, 11) is 3.28. The molecule has 0 fully saturated rings. The van der Waals surface area contributed by atoms with Crippen molar-refractivity contribution >= 4 is 30.4 Å². The summed E-state index contributed by atoms with van der Waals surface area (Å²) >= 11 is 4.25. The number of nitrogens with zero attached hydrogens (tertiary/aromatic N) is 5. The fraction of sp³-hybridized carbons (Fsp3) is 0.400. The van der Waals surface area contributed by atoms with Gasteiger partial charge in [-0.15, -0.1) is 5.10 Å². The highest BCUT2D eigenvalue weighted by Gasteiger charge is 2.19. The Bertz CT molecular complexity index is 688. The lowest BCUT2D eigenvalue weighted by Crippen LogP contribution is -2.28. The molecule has 0 unspecified atom stereocenters. The Kier molecular flexibility index (Phi) is 6.30. The molecule has 0 saturated heterocycles. The maximum atomic E-state index is 12.3. The molecule has 1 aromatic heterocycles. The number of carbonyl (C=O) groups excluding carboxylic acids is 2. The predicted molar refractivity (Wildman–Crippen MR) is 92.6 cm³/mol. The van der Waals surface area contributed by atoms with Crippen LogP contribution in [0.25, 0.3) is 0 Å². The molecule has 0 radical (unpaired) electrons. The van der Waals surface area contributed by atoms with Gasteiger partial charge in [-0.25, -0.2) is 0 Å². The van der Waals surface area contributed by atoms with E-state index in [0.29, 0.717) is 12.2 Å². The summed E-state index contributed by atoms with van der Waals surface area (Å²) in [5.41, 5.74) is 1.06. The van der Waals surface area contributed by atoms with Gasteiger partial charge in [0, 0.05) is 19.8 Å². The van der Waals surface area contributed by atoms with Crippen molar-refractivity contribution in [1.82, 2.24) is 25.1 Å². The van der Waals surface area contributed by atoms with E-state index in [2.05, 4.69) is 33.4 Å². The lowest BCUT2D eigenvalue weighted by molar-refractivity contribution is -0.129. The van der Waals surface area contributed by atoms with Crippen molar-refractivity contribution in [1.29, 1.82) is 0 Å². The van der Waals surface area contributed by atoms with Gasteiger partial charge < -0.3 is 4.90 Å². The van der Waals surface area contributed by atoms with Crippen LogP contribution in [-0.4, -0.2) is 56.8 Å². The van der Waals surface area contributed by atoms with E-state index in [-0.39, 0.29) is 30.2 Å².